The Morgan fingerprint density at radius 3 is 2.38 bits per heavy atom. The monoisotopic (exact) mass is 465 g/mol. The average Bonchev–Trinajstić information content (AvgIpc) is 3.16. The molecule has 0 bridgehead atoms. The van der Waals surface area contributed by atoms with Gasteiger partial charge in [0.25, 0.3) is 0 Å². The second kappa shape index (κ2) is 7.99. The van der Waals surface area contributed by atoms with Crippen molar-refractivity contribution < 1.29 is 25.8 Å². The molecule has 0 saturated carbocycles. The van der Waals surface area contributed by atoms with E-state index >= 15 is 0 Å². The van der Waals surface area contributed by atoms with E-state index in [1.165, 1.54) is 6.20 Å². The Bertz CT molecular complexity index is 1290. The number of nitrogens with zero attached hydrogens (tertiary/aromatic N) is 5. The van der Waals surface area contributed by atoms with Crippen molar-refractivity contribution in [2.45, 2.75) is 5.51 Å². The molecule has 0 amide bonds. The van der Waals surface area contributed by atoms with Crippen molar-refractivity contribution in [1.29, 1.82) is 5.26 Å². The van der Waals surface area contributed by atoms with Crippen LogP contribution in [0.1, 0.15) is 5.56 Å². The van der Waals surface area contributed by atoms with Crippen LogP contribution in [0, 0.1) is 11.3 Å². The summed E-state index contributed by atoms with van der Waals surface area (Å²) in [6.07, 6.45) is 2.24. The van der Waals surface area contributed by atoms with Gasteiger partial charge in [-0.1, -0.05) is 12.1 Å². The maximum Gasteiger partial charge on any atom is 0.534 e. The number of hydrogen-bond donors (Lipinski definition) is 0. The molecule has 0 aliphatic carbocycles. The molecule has 3 aromatic rings. The van der Waals surface area contributed by atoms with Gasteiger partial charge in [-0.25, -0.2) is 4.52 Å². The molecule has 1 aromatic carbocycles. The molecule has 8 nitrogen and oxygen atoms in total. The van der Waals surface area contributed by atoms with Crippen molar-refractivity contribution in [1.82, 2.24) is 14.5 Å². The molecule has 0 radical (unpaired) electrons. The number of aromatic nitrogens is 2. The number of piperazine rings is 1. The molecule has 0 unspecified atom stereocenters. The summed E-state index contributed by atoms with van der Waals surface area (Å²) in [6.45, 7) is 3.58. The van der Waals surface area contributed by atoms with Crippen molar-refractivity contribution in [3.05, 3.63) is 48.3 Å². The highest BCUT2D eigenvalue weighted by Gasteiger charge is 2.48. The molecule has 2 aromatic heterocycles. The van der Waals surface area contributed by atoms with E-state index in [0.29, 0.717) is 16.6 Å². The highest BCUT2D eigenvalue weighted by Crippen LogP contribution is 2.34. The SMILES string of the molecule is CN1CCN(c2ccc(-c3cc(OS(=O)(=O)C(F)(F)F)cn4ncc(C#N)c34)cc2)CC1. The summed E-state index contributed by atoms with van der Waals surface area (Å²) < 4.78 is 66.7. The molecule has 0 spiro atoms. The van der Waals surface area contributed by atoms with Crippen LogP contribution < -0.4 is 9.08 Å². The molecule has 1 aliphatic heterocycles. The third-order valence-electron chi connectivity index (χ3n) is 5.24. The molecule has 12 heteroatoms. The fourth-order valence-corrected chi connectivity index (χ4v) is 3.97. The normalized spacial score (nSPS) is 15.7. The molecule has 0 atom stereocenters. The minimum absolute atomic E-state index is 0.188. The molecule has 1 aliphatic rings. The van der Waals surface area contributed by atoms with Crippen molar-refractivity contribution in [3.8, 4) is 22.9 Å². The third-order valence-corrected chi connectivity index (χ3v) is 6.22. The van der Waals surface area contributed by atoms with Gasteiger partial charge in [0.1, 0.15) is 6.07 Å². The predicted octanol–water partition coefficient (Wildman–Crippen LogP) is 2.85. The highest BCUT2D eigenvalue weighted by atomic mass is 32.2. The number of fused-ring (bicyclic) bond motifs is 1. The Hall–Kier alpha value is -3.30. The first-order chi connectivity index (χ1) is 15.1. The van der Waals surface area contributed by atoms with Crippen LogP contribution in [-0.4, -0.2) is 61.7 Å². The minimum Gasteiger partial charge on any atom is -0.374 e. The second-order valence-electron chi connectivity index (χ2n) is 7.37. The van der Waals surface area contributed by atoms with Gasteiger partial charge in [0, 0.05) is 37.4 Å². The fourth-order valence-electron chi connectivity index (χ4n) is 3.53. The number of hydrogen-bond acceptors (Lipinski definition) is 7. The standard InChI is InChI=1S/C20H18F3N5O3S/c1-26-6-8-27(9-7-26)16-4-2-14(3-5-16)18-10-17(31-32(29,30)20(21,22)23)13-28-19(18)15(11-24)12-25-28/h2-5,10,12-13H,6-9H2,1H3. The molecule has 168 valence electrons. The molecule has 4 rings (SSSR count). The summed E-state index contributed by atoms with van der Waals surface area (Å²) in [6, 6.07) is 10.4. The summed E-state index contributed by atoms with van der Waals surface area (Å²) in [4.78, 5) is 4.44. The van der Waals surface area contributed by atoms with E-state index in [1.54, 1.807) is 12.1 Å². The maximum atomic E-state index is 12.8. The topological polar surface area (TPSA) is 90.9 Å². The summed E-state index contributed by atoms with van der Waals surface area (Å²) >= 11 is 0. The lowest BCUT2D eigenvalue weighted by molar-refractivity contribution is -0.0500. The first kappa shape index (κ1) is 21.9. The summed E-state index contributed by atoms with van der Waals surface area (Å²) in [5.74, 6) is -0.569. The number of alkyl halides is 3. The molecule has 1 saturated heterocycles. The Morgan fingerprint density at radius 2 is 1.78 bits per heavy atom. The van der Waals surface area contributed by atoms with Crippen LogP contribution in [-0.2, 0) is 10.1 Å². The quantitative estimate of drug-likeness (QED) is 0.432. The lowest BCUT2D eigenvalue weighted by Gasteiger charge is -2.34. The number of rotatable bonds is 4. The van der Waals surface area contributed by atoms with Crippen LogP contribution in [0.3, 0.4) is 0 Å². The van der Waals surface area contributed by atoms with E-state index in [4.69, 9.17) is 0 Å². The molecule has 3 heterocycles. The van der Waals surface area contributed by atoms with Gasteiger partial charge in [-0.05, 0) is 30.8 Å². The largest absolute Gasteiger partial charge is 0.534 e. The van der Waals surface area contributed by atoms with E-state index in [0.717, 1.165) is 48.6 Å². The van der Waals surface area contributed by atoms with Crippen LogP contribution in [0.25, 0.3) is 16.6 Å². The Balaban J connectivity index is 1.75. The van der Waals surface area contributed by atoms with Gasteiger partial charge < -0.3 is 14.0 Å². The van der Waals surface area contributed by atoms with Crippen LogP contribution in [0.15, 0.2) is 42.7 Å². The number of anilines is 1. The van der Waals surface area contributed by atoms with Gasteiger partial charge in [-0.2, -0.15) is 31.9 Å². The Labute approximate surface area is 182 Å². The summed E-state index contributed by atoms with van der Waals surface area (Å²) in [7, 11) is -3.81. The third kappa shape index (κ3) is 4.09. The second-order valence-corrected chi connectivity index (χ2v) is 8.91. The van der Waals surface area contributed by atoms with Gasteiger partial charge >= 0.3 is 15.6 Å². The Morgan fingerprint density at radius 1 is 1.12 bits per heavy atom. The molecule has 32 heavy (non-hydrogen) atoms. The number of likely N-dealkylation sites (N-methyl/N-ethyl adjacent to an activating group) is 1. The number of nitriles is 1. The smallest absolute Gasteiger partial charge is 0.374 e. The zero-order valence-corrected chi connectivity index (χ0v) is 17.7. The van der Waals surface area contributed by atoms with E-state index in [-0.39, 0.29) is 5.56 Å². The first-order valence-electron chi connectivity index (χ1n) is 9.55. The lowest BCUT2D eigenvalue weighted by atomic mass is 10.0. The van der Waals surface area contributed by atoms with E-state index in [9.17, 15) is 26.9 Å². The van der Waals surface area contributed by atoms with Gasteiger partial charge in [-0.3, -0.25) is 0 Å². The minimum atomic E-state index is -5.86. The molecule has 0 N–H and O–H groups in total. The Kier molecular flexibility index (Phi) is 5.47. The van der Waals surface area contributed by atoms with Gasteiger partial charge in [0.15, 0.2) is 5.75 Å². The van der Waals surface area contributed by atoms with Crippen molar-refractivity contribution in [2.75, 3.05) is 38.1 Å². The van der Waals surface area contributed by atoms with Crippen LogP contribution in [0.5, 0.6) is 5.75 Å². The number of pyridine rings is 1. The van der Waals surface area contributed by atoms with E-state index in [2.05, 4.69) is 26.1 Å². The van der Waals surface area contributed by atoms with Crippen molar-refractivity contribution >= 4 is 21.3 Å². The van der Waals surface area contributed by atoms with Crippen LogP contribution >= 0.6 is 0 Å². The summed E-state index contributed by atoms with van der Waals surface area (Å²) in [5, 5.41) is 13.4. The molecular weight excluding hydrogens is 447 g/mol. The van der Waals surface area contributed by atoms with Crippen LogP contribution in [0.4, 0.5) is 18.9 Å². The highest BCUT2D eigenvalue weighted by molar-refractivity contribution is 7.88. The zero-order valence-electron chi connectivity index (χ0n) is 16.9. The predicted molar refractivity (Wildman–Crippen MR) is 111 cm³/mol. The van der Waals surface area contributed by atoms with E-state index in [1.807, 2.05) is 18.2 Å². The van der Waals surface area contributed by atoms with Gasteiger partial charge in [0.05, 0.1) is 23.5 Å². The molecular formula is C20H18F3N5O3S. The first-order valence-corrected chi connectivity index (χ1v) is 11.0. The fraction of sp³-hybridized carbons (Fsp3) is 0.300. The molecule has 1 fully saturated rings. The number of halogens is 3. The van der Waals surface area contributed by atoms with Gasteiger partial charge in [0.2, 0.25) is 0 Å². The van der Waals surface area contributed by atoms with Crippen molar-refractivity contribution in [2.24, 2.45) is 0 Å². The maximum absolute atomic E-state index is 12.8. The lowest BCUT2D eigenvalue weighted by Crippen LogP contribution is -2.44. The average molecular weight is 465 g/mol. The van der Waals surface area contributed by atoms with Crippen molar-refractivity contribution in [3.63, 3.8) is 0 Å². The van der Waals surface area contributed by atoms with Gasteiger partial charge in [-0.15, -0.1) is 0 Å². The number of benzene rings is 1. The van der Waals surface area contributed by atoms with Crippen LogP contribution in [0.2, 0.25) is 0 Å². The van der Waals surface area contributed by atoms with E-state index < -0.39 is 21.4 Å². The zero-order chi connectivity index (χ0) is 23.1. The summed E-state index contributed by atoms with van der Waals surface area (Å²) in [5.41, 5.74) is -3.18.